The van der Waals surface area contributed by atoms with Crippen LogP contribution in [0.15, 0.2) is 16.8 Å². The maximum absolute atomic E-state index is 10.8. The van der Waals surface area contributed by atoms with Gasteiger partial charge in [-0.2, -0.15) is 23.1 Å². The molecule has 0 aliphatic carbocycles. The minimum Gasteiger partial charge on any atom is -0.480 e. The monoisotopic (exact) mass is 229 g/mol. The van der Waals surface area contributed by atoms with Crippen molar-refractivity contribution in [2.24, 2.45) is 0 Å². The van der Waals surface area contributed by atoms with Gasteiger partial charge in [-0.1, -0.05) is 0 Å². The third-order valence-electron chi connectivity index (χ3n) is 2.22. The number of carboxylic acid groups (broad SMARTS) is 1. The van der Waals surface area contributed by atoms with E-state index in [0.29, 0.717) is 5.75 Å². The zero-order valence-electron chi connectivity index (χ0n) is 7.47. The van der Waals surface area contributed by atoms with Crippen molar-refractivity contribution >= 4 is 29.1 Å². The lowest BCUT2D eigenvalue weighted by atomic mass is 10.1. The van der Waals surface area contributed by atoms with Crippen LogP contribution in [0.5, 0.6) is 0 Å². The molecule has 3 nitrogen and oxygen atoms in total. The summed E-state index contributed by atoms with van der Waals surface area (Å²) >= 11 is 3.35. The van der Waals surface area contributed by atoms with Crippen molar-refractivity contribution in [2.45, 2.75) is 12.1 Å². The summed E-state index contributed by atoms with van der Waals surface area (Å²) in [6.45, 7) is 0. The lowest BCUT2D eigenvalue weighted by Gasteiger charge is -2.27. The Morgan fingerprint density at radius 2 is 2.43 bits per heavy atom. The zero-order chi connectivity index (χ0) is 9.97. The molecule has 2 atom stereocenters. The molecule has 1 aromatic rings. The molecule has 14 heavy (non-hydrogen) atoms. The van der Waals surface area contributed by atoms with E-state index < -0.39 is 12.0 Å². The van der Waals surface area contributed by atoms with Gasteiger partial charge in [-0.15, -0.1) is 0 Å². The summed E-state index contributed by atoms with van der Waals surface area (Å²) in [4.78, 5) is 10.8. The number of aliphatic carboxylic acids is 1. The van der Waals surface area contributed by atoms with Gasteiger partial charge in [-0.3, -0.25) is 10.1 Å². The van der Waals surface area contributed by atoms with Gasteiger partial charge in [0, 0.05) is 17.5 Å². The van der Waals surface area contributed by atoms with Gasteiger partial charge in [0.2, 0.25) is 0 Å². The first-order valence-electron chi connectivity index (χ1n) is 4.36. The molecule has 2 rings (SSSR count). The summed E-state index contributed by atoms with van der Waals surface area (Å²) in [5.74, 6) is 0.869. The molecule has 1 aliphatic rings. The van der Waals surface area contributed by atoms with Gasteiger partial charge < -0.3 is 5.11 Å². The van der Waals surface area contributed by atoms with E-state index in [0.717, 1.165) is 5.75 Å². The summed E-state index contributed by atoms with van der Waals surface area (Å²) in [7, 11) is 0. The Morgan fingerprint density at radius 1 is 1.57 bits per heavy atom. The molecule has 2 unspecified atom stereocenters. The third-order valence-corrected chi connectivity index (χ3v) is 4.05. The van der Waals surface area contributed by atoms with E-state index in [-0.39, 0.29) is 6.04 Å². The Morgan fingerprint density at radius 3 is 3.07 bits per heavy atom. The molecule has 1 saturated heterocycles. The highest BCUT2D eigenvalue weighted by atomic mass is 32.2. The van der Waals surface area contributed by atoms with Gasteiger partial charge >= 0.3 is 5.97 Å². The maximum Gasteiger partial charge on any atom is 0.321 e. The fraction of sp³-hybridized carbons (Fsp3) is 0.444. The summed E-state index contributed by atoms with van der Waals surface area (Å²) in [5, 5.41) is 16.1. The molecule has 0 radical (unpaired) electrons. The fourth-order valence-electron chi connectivity index (χ4n) is 1.45. The number of rotatable bonds is 2. The SMILES string of the molecule is O=C(O)C1CSCC(c2ccsc2)N1. The van der Waals surface area contributed by atoms with Crippen molar-refractivity contribution in [3.05, 3.63) is 22.4 Å². The zero-order valence-corrected chi connectivity index (χ0v) is 9.11. The van der Waals surface area contributed by atoms with E-state index in [9.17, 15) is 4.79 Å². The standard InChI is InChI=1S/C9H11NO2S2/c11-9(12)8-5-14-4-7(10-8)6-1-2-13-3-6/h1-3,7-8,10H,4-5H2,(H,11,12). The Bertz CT molecular complexity index is 313. The van der Waals surface area contributed by atoms with Crippen LogP contribution in [-0.2, 0) is 4.79 Å². The summed E-state index contributed by atoms with van der Waals surface area (Å²) in [6, 6.07) is 1.84. The lowest BCUT2D eigenvalue weighted by Crippen LogP contribution is -2.45. The number of thiophene rings is 1. The van der Waals surface area contributed by atoms with E-state index in [1.807, 2.05) is 11.4 Å². The van der Waals surface area contributed by atoms with Crippen LogP contribution in [0.25, 0.3) is 0 Å². The number of hydrogen-bond acceptors (Lipinski definition) is 4. The molecule has 0 spiro atoms. The predicted octanol–water partition coefficient (Wildman–Crippen LogP) is 1.58. The average molecular weight is 229 g/mol. The summed E-state index contributed by atoms with van der Waals surface area (Å²) in [6.07, 6.45) is 0. The second-order valence-electron chi connectivity index (χ2n) is 3.20. The van der Waals surface area contributed by atoms with Crippen LogP contribution < -0.4 is 5.32 Å². The van der Waals surface area contributed by atoms with Gasteiger partial charge in [0.1, 0.15) is 6.04 Å². The highest BCUT2D eigenvalue weighted by molar-refractivity contribution is 7.99. The fourth-order valence-corrected chi connectivity index (χ4v) is 3.30. The van der Waals surface area contributed by atoms with Crippen molar-refractivity contribution in [3.63, 3.8) is 0 Å². The van der Waals surface area contributed by atoms with E-state index >= 15 is 0 Å². The molecule has 2 heterocycles. The first-order valence-corrected chi connectivity index (χ1v) is 6.46. The van der Waals surface area contributed by atoms with Gasteiger partial charge in [0.05, 0.1) is 0 Å². The van der Waals surface area contributed by atoms with Crippen LogP contribution >= 0.6 is 23.1 Å². The van der Waals surface area contributed by atoms with Gasteiger partial charge in [0.25, 0.3) is 0 Å². The second-order valence-corrected chi connectivity index (χ2v) is 5.06. The Labute approximate surface area is 90.5 Å². The normalized spacial score (nSPS) is 27.4. The van der Waals surface area contributed by atoms with Crippen LogP contribution in [-0.4, -0.2) is 28.6 Å². The predicted molar refractivity (Wildman–Crippen MR) is 58.9 cm³/mol. The molecule has 1 fully saturated rings. The van der Waals surface area contributed by atoms with Gasteiger partial charge in [-0.25, -0.2) is 0 Å². The molecule has 0 bridgehead atoms. The molecule has 76 valence electrons. The van der Waals surface area contributed by atoms with E-state index in [1.54, 1.807) is 23.1 Å². The molecule has 1 aromatic heterocycles. The van der Waals surface area contributed by atoms with Crippen LogP contribution in [0.4, 0.5) is 0 Å². The molecular weight excluding hydrogens is 218 g/mol. The van der Waals surface area contributed by atoms with Crippen molar-refractivity contribution in [1.29, 1.82) is 0 Å². The smallest absolute Gasteiger partial charge is 0.321 e. The van der Waals surface area contributed by atoms with Gasteiger partial charge in [0.15, 0.2) is 0 Å². The van der Waals surface area contributed by atoms with Crippen LogP contribution in [0.2, 0.25) is 0 Å². The van der Waals surface area contributed by atoms with E-state index in [1.165, 1.54) is 5.56 Å². The highest BCUT2D eigenvalue weighted by Crippen LogP contribution is 2.25. The largest absolute Gasteiger partial charge is 0.480 e. The minimum absolute atomic E-state index is 0.195. The quantitative estimate of drug-likeness (QED) is 0.808. The van der Waals surface area contributed by atoms with Crippen molar-refractivity contribution in [2.75, 3.05) is 11.5 Å². The summed E-state index contributed by atoms with van der Waals surface area (Å²) in [5.41, 5.74) is 1.20. The first-order chi connectivity index (χ1) is 6.77. The average Bonchev–Trinajstić information content (AvgIpc) is 2.71. The number of nitrogens with one attached hydrogen (secondary N) is 1. The highest BCUT2D eigenvalue weighted by Gasteiger charge is 2.27. The third kappa shape index (κ3) is 2.10. The molecule has 0 saturated carbocycles. The molecule has 0 amide bonds. The topological polar surface area (TPSA) is 49.3 Å². The second kappa shape index (κ2) is 4.33. The van der Waals surface area contributed by atoms with Crippen molar-refractivity contribution in [3.8, 4) is 0 Å². The molecule has 0 aromatic carbocycles. The van der Waals surface area contributed by atoms with Crippen LogP contribution in [0.3, 0.4) is 0 Å². The van der Waals surface area contributed by atoms with Crippen molar-refractivity contribution < 1.29 is 9.90 Å². The van der Waals surface area contributed by atoms with E-state index in [4.69, 9.17) is 5.11 Å². The molecule has 1 aliphatic heterocycles. The number of thioether (sulfide) groups is 1. The Kier molecular flexibility index (Phi) is 3.10. The Hall–Kier alpha value is -0.520. The maximum atomic E-state index is 10.8. The molecular formula is C9H11NO2S2. The lowest BCUT2D eigenvalue weighted by molar-refractivity contribution is -0.139. The molecule has 5 heteroatoms. The van der Waals surface area contributed by atoms with Crippen LogP contribution in [0, 0.1) is 0 Å². The Balaban J connectivity index is 2.04. The van der Waals surface area contributed by atoms with Crippen molar-refractivity contribution in [1.82, 2.24) is 5.32 Å². The van der Waals surface area contributed by atoms with Gasteiger partial charge in [-0.05, 0) is 22.4 Å². The number of carboxylic acids is 1. The minimum atomic E-state index is -0.752. The van der Waals surface area contributed by atoms with E-state index in [2.05, 4.69) is 10.7 Å². The first kappa shape index (κ1) is 10.0. The molecule has 2 N–H and O–H groups in total. The number of carbonyl (C=O) groups is 1. The summed E-state index contributed by atoms with van der Waals surface area (Å²) < 4.78 is 0. The number of hydrogen-bond donors (Lipinski definition) is 2. The van der Waals surface area contributed by atoms with Crippen LogP contribution in [0.1, 0.15) is 11.6 Å².